The number of imide groups is 1. The molecule has 2 aliphatic carbocycles. The van der Waals surface area contributed by atoms with Gasteiger partial charge in [0.1, 0.15) is 6.04 Å². The number of rotatable bonds is 9. The van der Waals surface area contributed by atoms with Crippen molar-refractivity contribution in [2.45, 2.75) is 98.0 Å². The molecule has 4 atom stereocenters. The summed E-state index contributed by atoms with van der Waals surface area (Å²) in [4.78, 5) is 41.6. The molecule has 7 nitrogen and oxygen atoms in total. The van der Waals surface area contributed by atoms with Gasteiger partial charge in [-0.05, 0) is 76.3 Å². The van der Waals surface area contributed by atoms with Crippen LogP contribution >= 0.6 is 11.8 Å². The number of thioether (sulfide) groups is 1. The Morgan fingerprint density at radius 3 is 2.00 bits per heavy atom. The Labute approximate surface area is 232 Å². The minimum absolute atomic E-state index is 0.00414. The highest BCUT2D eigenvalue weighted by Crippen LogP contribution is 2.69. The third-order valence-electron chi connectivity index (χ3n) is 9.37. The van der Waals surface area contributed by atoms with Crippen LogP contribution in [-0.2, 0) is 14.8 Å². The minimum atomic E-state index is -3.60. The Morgan fingerprint density at radius 2 is 1.55 bits per heavy atom. The molecule has 2 saturated carbocycles. The van der Waals surface area contributed by atoms with E-state index >= 15 is 0 Å². The summed E-state index contributed by atoms with van der Waals surface area (Å²) in [6.07, 6.45) is 2.45. The fraction of sp³-hybridized carbons (Fsp3) is 0.690. The van der Waals surface area contributed by atoms with Crippen LogP contribution in [0.5, 0.6) is 0 Å². The molecule has 0 aromatic heterocycles. The van der Waals surface area contributed by atoms with Gasteiger partial charge >= 0.3 is 0 Å². The van der Waals surface area contributed by atoms with Gasteiger partial charge in [-0.1, -0.05) is 51.6 Å². The van der Waals surface area contributed by atoms with Crippen LogP contribution < -0.4 is 0 Å². The van der Waals surface area contributed by atoms with Crippen LogP contribution in [0.2, 0.25) is 0 Å². The molecule has 0 radical (unpaired) electrons. The van der Waals surface area contributed by atoms with Crippen LogP contribution in [0.25, 0.3) is 0 Å². The van der Waals surface area contributed by atoms with E-state index in [2.05, 4.69) is 13.8 Å². The van der Waals surface area contributed by atoms with Crippen LogP contribution in [0, 0.1) is 22.7 Å². The van der Waals surface area contributed by atoms with Crippen molar-refractivity contribution < 1.29 is 22.8 Å². The predicted molar refractivity (Wildman–Crippen MR) is 151 cm³/mol. The zero-order valence-electron chi connectivity index (χ0n) is 23.9. The van der Waals surface area contributed by atoms with Gasteiger partial charge < -0.3 is 0 Å². The summed E-state index contributed by atoms with van der Waals surface area (Å²) in [5.41, 5.74) is -0.165. The lowest BCUT2D eigenvalue weighted by atomic mass is 9.70. The molecule has 2 amide bonds. The molecule has 0 unspecified atom stereocenters. The predicted octanol–water partition coefficient (Wildman–Crippen LogP) is 5.21. The molecule has 4 rings (SSSR count). The molecule has 0 spiro atoms. The highest BCUT2D eigenvalue weighted by atomic mass is 32.2. The molecule has 2 bridgehead atoms. The van der Waals surface area contributed by atoms with Gasteiger partial charge in [0.2, 0.25) is 15.1 Å². The standard InChI is InChI=1S/C29H42N2O5S2/c1-17(2)24(30-25(32)21-11-9-10-12-22(21)26(30)33)27(34)37-23-15-20-13-14-29(23,28(20,7)8)16-38(35,36)31(18(3)4)19(5)6/h9-12,17-20,23-24H,13-16H2,1-8H3/t20-,23-,24+,29-/m1/s1. The quantitative estimate of drug-likeness (QED) is 0.384. The van der Waals surface area contributed by atoms with E-state index in [1.807, 2.05) is 41.5 Å². The van der Waals surface area contributed by atoms with E-state index in [4.69, 9.17) is 0 Å². The molecule has 3 aliphatic rings. The summed E-state index contributed by atoms with van der Waals surface area (Å²) < 4.78 is 29.3. The second-order valence-corrected chi connectivity index (χ2v) is 15.8. The molecular weight excluding hydrogens is 520 g/mol. The van der Waals surface area contributed by atoms with E-state index in [9.17, 15) is 22.8 Å². The Bertz CT molecular complexity index is 1200. The van der Waals surface area contributed by atoms with Crippen LogP contribution in [0.15, 0.2) is 24.3 Å². The highest BCUT2D eigenvalue weighted by Gasteiger charge is 2.66. The Balaban J connectivity index is 1.65. The van der Waals surface area contributed by atoms with Crippen molar-refractivity contribution in [3.8, 4) is 0 Å². The van der Waals surface area contributed by atoms with Crippen molar-refractivity contribution in [1.82, 2.24) is 9.21 Å². The number of hydrogen-bond acceptors (Lipinski definition) is 6. The zero-order valence-corrected chi connectivity index (χ0v) is 25.5. The molecular formula is C29H42N2O5S2. The van der Waals surface area contributed by atoms with Gasteiger partial charge in [0, 0.05) is 22.7 Å². The van der Waals surface area contributed by atoms with E-state index in [1.54, 1.807) is 28.6 Å². The lowest BCUT2D eigenvalue weighted by Crippen LogP contribution is -2.52. The molecule has 1 aromatic carbocycles. The average molecular weight is 563 g/mol. The van der Waals surface area contributed by atoms with Crippen molar-refractivity contribution in [2.24, 2.45) is 22.7 Å². The molecule has 9 heteroatoms. The summed E-state index contributed by atoms with van der Waals surface area (Å²) in [5.74, 6) is -0.821. The molecule has 0 saturated heterocycles. The lowest BCUT2D eigenvalue weighted by molar-refractivity contribution is -0.115. The first-order chi connectivity index (χ1) is 17.6. The summed E-state index contributed by atoms with van der Waals surface area (Å²) in [6, 6.07) is 5.44. The summed E-state index contributed by atoms with van der Waals surface area (Å²) in [7, 11) is -3.60. The first-order valence-corrected chi connectivity index (χ1v) is 16.2. The number of hydrogen-bond donors (Lipinski definition) is 0. The van der Waals surface area contributed by atoms with Crippen molar-refractivity contribution >= 4 is 38.7 Å². The van der Waals surface area contributed by atoms with Crippen molar-refractivity contribution in [1.29, 1.82) is 0 Å². The van der Waals surface area contributed by atoms with Gasteiger partial charge in [-0.2, -0.15) is 4.31 Å². The molecule has 0 N–H and O–H groups in total. The molecule has 38 heavy (non-hydrogen) atoms. The number of fused-ring (bicyclic) bond motifs is 3. The van der Waals surface area contributed by atoms with Gasteiger partial charge in [-0.25, -0.2) is 8.42 Å². The molecule has 1 aliphatic heterocycles. The first-order valence-electron chi connectivity index (χ1n) is 13.8. The van der Waals surface area contributed by atoms with Gasteiger partial charge in [-0.3, -0.25) is 19.3 Å². The maximum atomic E-state index is 14.0. The molecule has 2 fully saturated rings. The Morgan fingerprint density at radius 1 is 1.03 bits per heavy atom. The first kappa shape index (κ1) is 29.3. The number of sulfonamides is 1. The van der Waals surface area contributed by atoms with Crippen LogP contribution in [0.4, 0.5) is 0 Å². The number of carbonyl (C=O) groups is 3. The SMILES string of the molecule is CC(C)[C@@H](C(=O)S[C@@H]1C[C@H]2CC[C@]1(CS(=O)(=O)N(C(C)C)C(C)C)C2(C)C)N1C(=O)c2ccccc2C1=O. The maximum Gasteiger partial charge on any atom is 0.262 e. The van der Waals surface area contributed by atoms with Crippen molar-refractivity contribution in [3.05, 3.63) is 35.4 Å². The third-order valence-corrected chi connectivity index (χ3v) is 13.1. The summed E-state index contributed by atoms with van der Waals surface area (Å²) in [6.45, 7) is 15.6. The van der Waals surface area contributed by atoms with Crippen LogP contribution in [0.3, 0.4) is 0 Å². The summed E-state index contributed by atoms with van der Waals surface area (Å²) in [5, 5.41) is -0.430. The van der Waals surface area contributed by atoms with Crippen molar-refractivity contribution in [3.63, 3.8) is 0 Å². The van der Waals surface area contributed by atoms with Crippen LogP contribution in [0.1, 0.15) is 95.4 Å². The molecule has 1 heterocycles. The van der Waals surface area contributed by atoms with Gasteiger partial charge in [-0.15, -0.1) is 0 Å². The van der Waals surface area contributed by atoms with Gasteiger partial charge in [0.05, 0.1) is 16.9 Å². The fourth-order valence-corrected chi connectivity index (χ4v) is 12.3. The number of nitrogens with zero attached hydrogens (tertiary/aromatic N) is 2. The Hall–Kier alpha value is -1.71. The van der Waals surface area contributed by atoms with E-state index in [0.29, 0.717) is 17.0 Å². The third kappa shape index (κ3) is 4.46. The number of benzene rings is 1. The highest BCUT2D eigenvalue weighted by molar-refractivity contribution is 8.14. The average Bonchev–Trinajstić information content (AvgIpc) is 3.26. The largest absolute Gasteiger partial charge is 0.285 e. The fourth-order valence-electron chi connectivity index (χ4n) is 7.49. The molecule has 210 valence electrons. The zero-order chi connectivity index (χ0) is 28.4. The topological polar surface area (TPSA) is 91.8 Å². The van der Waals surface area contributed by atoms with E-state index in [-0.39, 0.29) is 39.5 Å². The van der Waals surface area contributed by atoms with E-state index in [1.165, 1.54) is 11.8 Å². The normalized spacial score (nSPS) is 27.3. The van der Waals surface area contributed by atoms with Crippen LogP contribution in [-0.4, -0.2) is 63.7 Å². The second-order valence-electron chi connectivity index (χ2n) is 12.8. The van der Waals surface area contributed by atoms with Crippen molar-refractivity contribution in [2.75, 3.05) is 5.75 Å². The molecule has 1 aromatic rings. The van der Waals surface area contributed by atoms with E-state index < -0.39 is 33.3 Å². The summed E-state index contributed by atoms with van der Waals surface area (Å²) >= 11 is 1.18. The smallest absolute Gasteiger partial charge is 0.262 e. The Kier molecular flexibility index (Phi) is 7.73. The number of amides is 2. The second kappa shape index (κ2) is 10.0. The lowest BCUT2D eigenvalue weighted by Gasteiger charge is -2.44. The number of carbonyl (C=O) groups excluding carboxylic acids is 3. The van der Waals surface area contributed by atoms with Gasteiger partial charge in [0.25, 0.3) is 11.8 Å². The maximum absolute atomic E-state index is 14.0. The van der Waals surface area contributed by atoms with E-state index in [0.717, 1.165) is 24.2 Å². The minimum Gasteiger partial charge on any atom is -0.285 e. The monoisotopic (exact) mass is 562 g/mol. The van der Waals surface area contributed by atoms with Gasteiger partial charge in [0.15, 0.2) is 0 Å².